The SMILES string of the molecule is O=C(c1cc(-n2nc3ccc(O)cc3n2)c(O)cc1O)c1cc(-n2nc3ccc(O)cc3n2)c(F)c(F)c1O. The van der Waals surface area contributed by atoms with Gasteiger partial charge in [0.2, 0.25) is 11.6 Å². The first-order valence-electron chi connectivity index (χ1n) is 11.0. The largest absolute Gasteiger partial charge is 0.508 e. The van der Waals surface area contributed by atoms with Crippen LogP contribution in [0.25, 0.3) is 33.4 Å². The van der Waals surface area contributed by atoms with Crippen molar-refractivity contribution in [2.75, 3.05) is 0 Å². The number of carbonyl (C=O) groups excluding carboxylic acids is 1. The smallest absolute Gasteiger partial charge is 0.203 e. The van der Waals surface area contributed by atoms with Crippen molar-refractivity contribution >= 4 is 27.9 Å². The Kier molecular flexibility index (Phi) is 5.07. The Morgan fingerprint density at radius 3 is 1.69 bits per heavy atom. The van der Waals surface area contributed by atoms with Crippen LogP contribution in [-0.4, -0.2) is 61.3 Å². The van der Waals surface area contributed by atoms with E-state index >= 15 is 0 Å². The maximum absolute atomic E-state index is 14.8. The molecule has 2 heterocycles. The molecule has 6 rings (SSSR count). The van der Waals surface area contributed by atoms with Gasteiger partial charge in [-0.1, -0.05) is 0 Å². The zero-order valence-electron chi connectivity index (χ0n) is 19.3. The molecule has 194 valence electrons. The molecule has 2 aromatic heterocycles. The molecule has 0 atom stereocenters. The van der Waals surface area contributed by atoms with Gasteiger partial charge in [0, 0.05) is 18.2 Å². The van der Waals surface area contributed by atoms with E-state index in [-0.39, 0.29) is 33.7 Å². The maximum atomic E-state index is 14.8. The van der Waals surface area contributed by atoms with Gasteiger partial charge < -0.3 is 25.5 Å². The lowest BCUT2D eigenvalue weighted by molar-refractivity contribution is 0.103. The van der Waals surface area contributed by atoms with Gasteiger partial charge in [0.1, 0.15) is 56.4 Å². The molecule has 5 N–H and O–H groups in total. The van der Waals surface area contributed by atoms with Crippen LogP contribution >= 0.6 is 0 Å². The Bertz CT molecular complexity index is 1990. The molecule has 0 unspecified atom stereocenters. The third-order valence-electron chi connectivity index (χ3n) is 5.90. The molecule has 39 heavy (non-hydrogen) atoms. The highest BCUT2D eigenvalue weighted by Gasteiger charge is 2.27. The number of hydrogen-bond donors (Lipinski definition) is 5. The van der Waals surface area contributed by atoms with Crippen molar-refractivity contribution in [1.82, 2.24) is 30.0 Å². The maximum Gasteiger partial charge on any atom is 0.203 e. The van der Waals surface area contributed by atoms with Crippen molar-refractivity contribution in [3.63, 3.8) is 0 Å². The fraction of sp³-hybridized carbons (Fsp3) is 0. The number of aromatic nitrogens is 6. The van der Waals surface area contributed by atoms with E-state index in [0.717, 1.165) is 23.0 Å². The Hall–Kier alpha value is -5.79. The molecule has 0 aliphatic carbocycles. The van der Waals surface area contributed by atoms with Crippen LogP contribution in [0.1, 0.15) is 15.9 Å². The second kappa shape index (κ2) is 8.37. The first-order valence-corrected chi connectivity index (χ1v) is 11.0. The summed E-state index contributed by atoms with van der Waals surface area (Å²) in [5.41, 5.74) is -1.11. The minimum atomic E-state index is -1.77. The number of aromatic hydroxyl groups is 5. The standard InChI is InChI=1S/C25H14F2N6O6/c26-22-19(33-29-15-4-2-11(35)6-17(15)31-33)8-13(25(39)23(22)27)24(38)12-7-18(21(37)9-20(12)36)32-28-14-3-1-10(34)5-16(14)30-32/h1-9,34-37,39H. The second-order valence-corrected chi connectivity index (χ2v) is 8.43. The number of halogens is 2. The fourth-order valence-electron chi connectivity index (χ4n) is 4.00. The Labute approximate surface area is 214 Å². The van der Waals surface area contributed by atoms with Gasteiger partial charge in [-0.25, -0.2) is 4.39 Å². The van der Waals surface area contributed by atoms with Gasteiger partial charge in [-0.3, -0.25) is 4.79 Å². The highest BCUT2D eigenvalue weighted by atomic mass is 19.2. The summed E-state index contributed by atoms with van der Waals surface area (Å²) in [6.07, 6.45) is 0. The molecule has 0 radical (unpaired) electrons. The molecule has 14 heteroatoms. The Balaban J connectivity index is 1.48. The first-order chi connectivity index (χ1) is 18.6. The molecule has 12 nitrogen and oxygen atoms in total. The van der Waals surface area contributed by atoms with Crippen LogP contribution in [0.2, 0.25) is 0 Å². The molecule has 0 fully saturated rings. The van der Waals surface area contributed by atoms with Crippen LogP contribution < -0.4 is 0 Å². The summed E-state index contributed by atoms with van der Waals surface area (Å²) >= 11 is 0. The van der Waals surface area contributed by atoms with Gasteiger partial charge in [-0.2, -0.15) is 4.39 Å². The monoisotopic (exact) mass is 532 g/mol. The number of phenolic OH excluding ortho intramolecular Hbond substituents is 5. The van der Waals surface area contributed by atoms with Crippen LogP contribution in [-0.2, 0) is 0 Å². The van der Waals surface area contributed by atoms with Crippen LogP contribution in [0, 0.1) is 11.6 Å². The molecule has 0 saturated heterocycles. The van der Waals surface area contributed by atoms with E-state index in [4.69, 9.17) is 0 Å². The lowest BCUT2D eigenvalue weighted by atomic mass is 9.99. The van der Waals surface area contributed by atoms with E-state index in [2.05, 4.69) is 20.4 Å². The molecular weight excluding hydrogens is 518 g/mol. The van der Waals surface area contributed by atoms with Gasteiger partial charge in [-0.05, 0) is 36.4 Å². The Morgan fingerprint density at radius 2 is 1.10 bits per heavy atom. The number of benzene rings is 4. The Morgan fingerprint density at radius 1 is 0.590 bits per heavy atom. The van der Waals surface area contributed by atoms with Crippen LogP contribution in [0.15, 0.2) is 54.6 Å². The summed E-state index contributed by atoms with van der Waals surface area (Å²) in [7, 11) is 0. The summed E-state index contributed by atoms with van der Waals surface area (Å²) in [5, 5.41) is 66.7. The number of carbonyl (C=O) groups is 1. The summed E-state index contributed by atoms with van der Waals surface area (Å²) in [4.78, 5) is 15.0. The van der Waals surface area contributed by atoms with Crippen LogP contribution in [0.3, 0.4) is 0 Å². The van der Waals surface area contributed by atoms with Crippen molar-refractivity contribution in [1.29, 1.82) is 0 Å². The normalized spacial score (nSPS) is 11.4. The van der Waals surface area contributed by atoms with Crippen molar-refractivity contribution in [2.45, 2.75) is 0 Å². The fourth-order valence-corrected chi connectivity index (χ4v) is 4.00. The average Bonchev–Trinajstić information content (AvgIpc) is 3.50. The molecule has 0 amide bonds. The minimum absolute atomic E-state index is 0.0821. The molecule has 6 aromatic rings. The molecule has 4 aromatic carbocycles. The number of nitrogens with zero attached hydrogens (tertiary/aromatic N) is 6. The molecule has 0 aliphatic heterocycles. The average molecular weight is 532 g/mol. The first kappa shape index (κ1) is 23.6. The van der Waals surface area contributed by atoms with Crippen molar-refractivity contribution in [3.05, 3.63) is 77.4 Å². The summed E-state index contributed by atoms with van der Waals surface area (Å²) < 4.78 is 29.6. The van der Waals surface area contributed by atoms with Crippen molar-refractivity contribution in [2.24, 2.45) is 0 Å². The van der Waals surface area contributed by atoms with Gasteiger partial charge in [0.15, 0.2) is 11.6 Å². The lowest BCUT2D eigenvalue weighted by Gasteiger charge is -2.12. The van der Waals surface area contributed by atoms with E-state index in [0.29, 0.717) is 10.3 Å². The number of fused-ring (bicyclic) bond motifs is 2. The zero-order valence-corrected chi connectivity index (χ0v) is 19.3. The van der Waals surface area contributed by atoms with E-state index < -0.39 is 51.5 Å². The van der Waals surface area contributed by atoms with Gasteiger partial charge in [0.05, 0.1) is 11.1 Å². The number of hydrogen-bond acceptors (Lipinski definition) is 10. The number of phenols is 5. The van der Waals surface area contributed by atoms with E-state index in [1.165, 1.54) is 36.4 Å². The predicted molar refractivity (Wildman–Crippen MR) is 129 cm³/mol. The third-order valence-corrected chi connectivity index (χ3v) is 5.90. The molecule has 0 bridgehead atoms. The number of rotatable bonds is 4. The molecule has 0 saturated carbocycles. The highest BCUT2D eigenvalue weighted by molar-refractivity contribution is 6.13. The second-order valence-electron chi connectivity index (χ2n) is 8.43. The predicted octanol–water partition coefficient (Wildman–Crippen LogP) is 3.19. The zero-order chi connectivity index (χ0) is 27.6. The van der Waals surface area contributed by atoms with Crippen LogP contribution in [0.5, 0.6) is 28.7 Å². The molecular formula is C25H14F2N6O6. The van der Waals surface area contributed by atoms with Gasteiger partial charge in [-0.15, -0.1) is 30.0 Å². The molecule has 0 aliphatic rings. The summed E-state index contributed by atoms with van der Waals surface area (Å²) in [6, 6.07) is 10.7. The van der Waals surface area contributed by atoms with E-state index in [9.17, 15) is 39.1 Å². The quantitative estimate of drug-likeness (QED) is 0.212. The highest BCUT2D eigenvalue weighted by Crippen LogP contribution is 2.36. The van der Waals surface area contributed by atoms with E-state index in [1.807, 2.05) is 0 Å². The molecule has 0 spiro atoms. The third kappa shape index (κ3) is 3.78. The van der Waals surface area contributed by atoms with E-state index in [1.54, 1.807) is 0 Å². The topological polar surface area (TPSA) is 180 Å². The van der Waals surface area contributed by atoms with Crippen molar-refractivity contribution < 1.29 is 39.1 Å². The minimum Gasteiger partial charge on any atom is -0.508 e. The van der Waals surface area contributed by atoms with Gasteiger partial charge in [0.25, 0.3) is 0 Å². The van der Waals surface area contributed by atoms with Crippen LogP contribution in [0.4, 0.5) is 8.78 Å². The van der Waals surface area contributed by atoms with Crippen molar-refractivity contribution in [3.8, 4) is 40.1 Å². The lowest BCUT2D eigenvalue weighted by Crippen LogP contribution is -2.10. The number of ketones is 1. The summed E-state index contributed by atoms with van der Waals surface area (Å²) in [5.74, 6) is -7.28. The summed E-state index contributed by atoms with van der Waals surface area (Å²) in [6.45, 7) is 0. The van der Waals surface area contributed by atoms with Gasteiger partial charge >= 0.3 is 0 Å².